The van der Waals surface area contributed by atoms with Gasteiger partial charge in [0, 0.05) is 60.4 Å². The van der Waals surface area contributed by atoms with Gasteiger partial charge in [-0.25, -0.2) is 19.9 Å². The van der Waals surface area contributed by atoms with E-state index in [0.717, 1.165) is 72.5 Å². The predicted molar refractivity (Wildman–Crippen MR) is 393 cm³/mol. The molecular formula is C88H56N6. The van der Waals surface area contributed by atoms with Gasteiger partial charge in [-0.1, -0.05) is 279 Å². The third-order valence-electron chi connectivity index (χ3n) is 18.6. The highest BCUT2D eigenvalue weighted by molar-refractivity contribution is 6.30. The molecule has 4 aromatic heterocycles. The second-order valence-electron chi connectivity index (χ2n) is 24.0. The van der Waals surface area contributed by atoms with E-state index in [-0.39, 0.29) is 0 Å². The van der Waals surface area contributed by atoms with Crippen LogP contribution >= 0.6 is 0 Å². The molecule has 0 unspecified atom stereocenters. The number of fused-ring (bicyclic) bond motifs is 15. The molecule has 19 aromatic rings. The molecule has 0 fully saturated rings. The van der Waals surface area contributed by atoms with Crippen molar-refractivity contribution >= 4 is 97.5 Å². The molecule has 0 spiro atoms. The van der Waals surface area contributed by atoms with Crippen LogP contribution in [-0.4, -0.2) is 29.1 Å². The number of nitrogens with zero attached hydrogens (tertiary/aromatic N) is 6. The molecule has 0 atom stereocenters. The van der Waals surface area contributed by atoms with Gasteiger partial charge in [0.1, 0.15) is 0 Å². The van der Waals surface area contributed by atoms with E-state index in [4.69, 9.17) is 19.9 Å². The van der Waals surface area contributed by atoms with Gasteiger partial charge in [0.05, 0.1) is 39.1 Å². The van der Waals surface area contributed by atoms with Gasteiger partial charge >= 0.3 is 0 Å². The Morgan fingerprint density at radius 3 is 0.989 bits per heavy atom. The molecule has 94 heavy (non-hydrogen) atoms. The van der Waals surface area contributed by atoms with Crippen molar-refractivity contribution in [2.75, 3.05) is 0 Å². The van der Waals surface area contributed by atoms with Crippen LogP contribution in [-0.2, 0) is 0 Å². The zero-order chi connectivity index (χ0) is 62.1. The number of pyridine rings is 1. The molecule has 6 nitrogen and oxygen atoms in total. The van der Waals surface area contributed by atoms with E-state index in [1.165, 1.54) is 86.7 Å². The third kappa shape index (κ3) is 9.26. The summed E-state index contributed by atoms with van der Waals surface area (Å²) in [4.78, 5) is 20.2. The fraction of sp³-hybridized carbons (Fsp3) is 0. The third-order valence-corrected chi connectivity index (χ3v) is 18.6. The highest BCUT2D eigenvalue weighted by Crippen LogP contribution is 2.45. The lowest BCUT2D eigenvalue weighted by molar-refractivity contribution is 1.08. The number of hydrogen-bond acceptors (Lipinski definition) is 4. The van der Waals surface area contributed by atoms with Gasteiger partial charge < -0.3 is 9.13 Å². The summed E-state index contributed by atoms with van der Waals surface area (Å²) in [7, 11) is 0. The molecule has 0 radical (unpaired) electrons. The van der Waals surface area contributed by atoms with Crippen LogP contribution < -0.4 is 0 Å². The maximum atomic E-state index is 5.11. The van der Waals surface area contributed by atoms with E-state index >= 15 is 0 Å². The summed E-state index contributed by atoms with van der Waals surface area (Å²) in [6, 6.07) is 121. The number of rotatable bonds is 8. The van der Waals surface area contributed by atoms with Gasteiger partial charge in [-0.15, -0.1) is 0 Å². The monoisotopic (exact) mass is 1200 g/mol. The van der Waals surface area contributed by atoms with Crippen LogP contribution in [0.1, 0.15) is 0 Å². The maximum absolute atomic E-state index is 5.11. The lowest BCUT2D eigenvalue weighted by atomic mass is 9.99. The second kappa shape index (κ2) is 22.7. The molecule has 0 aliphatic heterocycles. The van der Waals surface area contributed by atoms with E-state index in [2.05, 4.69) is 276 Å². The van der Waals surface area contributed by atoms with E-state index in [0.29, 0.717) is 17.5 Å². The van der Waals surface area contributed by atoms with Crippen LogP contribution in [0.25, 0.3) is 177 Å². The van der Waals surface area contributed by atoms with Crippen molar-refractivity contribution in [2.45, 2.75) is 0 Å². The van der Waals surface area contributed by atoms with Gasteiger partial charge in [-0.05, 0) is 120 Å². The minimum Gasteiger partial charge on any atom is -0.309 e. The summed E-state index contributed by atoms with van der Waals surface area (Å²) < 4.78 is 4.87. The van der Waals surface area contributed by atoms with Crippen LogP contribution in [0.15, 0.2) is 340 Å². The van der Waals surface area contributed by atoms with Crippen molar-refractivity contribution in [1.82, 2.24) is 29.1 Å². The average Bonchev–Trinajstić information content (AvgIpc) is 1.60. The highest BCUT2D eigenvalue weighted by atomic mass is 15.0. The first kappa shape index (κ1) is 54.3. The zero-order valence-electron chi connectivity index (χ0n) is 51.0. The fourth-order valence-electron chi connectivity index (χ4n) is 14.3. The molecule has 0 N–H and O–H groups in total. The zero-order valence-corrected chi connectivity index (χ0v) is 51.0. The smallest absolute Gasteiger partial charge is 0.164 e. The average molecular weight is 1200 g/mol. The molecular weight excluding hydrogens is 1140 g/mol. The summed E-state index contributed by atoms with van der Waals surface area (Å²) in [5, 5.41) is 17.4. The molecule has 4 heterocycles. The molecule has 0 bridgehead atoms. The van der Waals surface area contributed by atoms with E-state index in [1.54, 1.807) is 0 Å². The van der Waals surface area contributed by atoms with Crippen LogP contribution in [0, 0.1) is 0 Å². The molecule has 0 saturated heterocycles. The lowest BCUT2D eigenvalue weighted by Gasteiger charge is -2.15. The van der Waals surface area contributed by atoms with Crippen LogP contribution in [0.3, 0.4) is 0 Å². The van der Waals surface area contributed by atoms with Crippen LogP contribution in [0.4, 0.5) is 0 Å². The molecule has 0 amide bonds. The van der Waals surface area contributed by atoms with E-state index < -0.39 is 0 Å². The minimum atomic E-state index is 0.648. The number of hydrogen-bond donors (Lipinski definition) is 0. The first-order chi connectivity index (χ1) is 46.6. The molecule has 0 aliphatic rings. The first-order valence-corrected chi connectivity index (χ1v) is 31.9. The highest BCUT2D eigenvalue weighted by Gasteiger charge is 2.23. The van der Waals surface area contributed by atoms with E-state index in [1.807, 2.05) is 72.8 Å². The molecule has 19 rings (SSSR count). The van der Waals surface area contributed by atoms with Crippen molar-refractivity contribution in [3.63, 3.8) is 0 Å². The van der Waals surface area contributed by atoms with Crippen molar-refractivity contribution in [2.24, 2.45) is 0 Å². The summed E-state index contributed by atoms with van der Waals surface area (Å²) in [6.07, 6.45) is 0. The summed E-state index contributed by atoms with van der Waals surface area (Å²) in [6.45, 7) is 0. The Hall–Kier alpha value is -12.6. The normalized spacial score (nSPS) is 11.6. The summed E-state index contributed by atoms with van der Waals surface area (Å²) in [5.41, 5.74) is 16.3. The van der Waals surface area contributed by atoms with Gasteiger partial charge in [0.15, 0.2) is 17.5 Å². The standard InChI is InChI=1S/C45H28N4.C43H28N2/c1-3-15-31(16-4-1)43-46-44(32-17-5-2-6-18-32)48-45(47-43)37-25-28-38(36-22-12-11-21-35(36)37)49-39-26-23-29-13-7-9-19-33(29)41(39)42-34-20-10-8-14-30(34)24-27-40(42)49;1-3-14-31(15-4-1)38-27-34(28-39(44-38)32-16-5-2-6-17-32)33-18-11-19-35(26-33)45-40-24-22-29-12-7-9-20-36(29)42(40)43-37-21-10-8-13-30(37)23-25-41(43)45/h1-28H;1-28H. The van der Waals surface area contributed by atoms with Crippen LogP contribution in [0.2, 0.25) is 0 Å². The summed E-state index contributed by atoms with van der Waals surface area (Å²) in [5.74, 6) is 1.95. The van der Waals surface area contributed by atoms with Crippen molar-refractivity contribution < 1.29 is 0 Å². The topological polar surface area (TPSA) is 61.4 Å². The minimum absolute atomic E-state index is 0.648. The SMILES string of the molecule is c1ccc(-c2cc(-c3cccc(-n4c5ccc6ccccc6c5c5c6ccccc6ccc54)c3)cc(-c3ccccc3)n2)cc1.c1ccc(-c2nc(-c3ccccc3)nc(-c3ccc(-n4c5ccc6ccccc6c5c5c6ccccc6ccc54)c4ccccc34)n2)cc1. The Labute approximate surface area is 542 Å². The Balaban J connectivity index is 0.000000138. The predicted octanol–water partition coefficient (Wildman–Crippen LogP) is 22.9. The summed E-state index contributed by atoms with van der Waals surface area (Å²) >= 11 is 0. The number of aromatic nitrogens is 6. The molecule has 6 heteroatoms. The Morgan fingerprint density at radius 2 is 0.553 bits per heavy atom. The van der Waals surface area contributed by atoms with E-state index in [9.17, 15) is 0 Å². The van der Waals surface area contributed by atoms with Gasteiger partial charge in [0.2, 0.25) is 0 Å². The quantitative estimate of drug-likeness (QED) is 0.152. The van der Waals surface area contributed by atoms with Gasteiger partial charge in [-0.3, -0.25) is 0 Å². The number of benzene rings is 15. The molecule has 0 saturated carbocycles. The molecule has 15 aromatic carbocycles. The Kier molecular flexibility index (Phi) is 13.1. The second-order valence-corrected chi connectivity index (χ2v) is 24.0. The van der Waals surface area contributed by atoms with Gasteiger partial charge in [-0.2, -0.15) is 0 Å². The fourth-order valence-corrected chi connectivity index (χ4v) is 14.3. The first-order valence-electron chi connectivity index (χ1n) is 31.9. The van der Waals surface area contributed by atoms with Crippen molar-refractivity contribution in [3.8, 4) is 79.2 Å². The Morgan fingerprint density at radius 1 is 0.202 bits per heavy atom. The lowest BCUT2D eigenvalue weighted by Crippen LogP contribution is -2.01. The van der Waals surface area contributed by atoms with Crippen molar-refractivity contribution in [3.05, 3.63) is 340 Å². The largest absolute Gasteiger partial charge is 0.309 e. The van der Waals surface area contributed by atoms with Crippen LogP contribution in [0.5, 0.6) is 0 Å². The maximum Gasteiger partial charge on any atom is 0.164 e. The van der Waals surface area contributed by atoms with Crippen molar-refractivity contribution in [1.29, 1.82) is 0 Å². The Bertz CT molecular complexity index is 5850. The van der Waals surface area contributed by atoms with Gasteiger partial charge in [0.25, 0.3) is 0 Å². The molecule has 438 valence electrons. The molecule has 0 aliphatic carbocycles.